The van der Waals surface area contributed by atoms with Gasteiger partial charge < -0.3 is 15.7 Å². The molecule has 1 fully saturated rings. The molecule has 1 aliphatic heterocycles. The zero-order valence-corrected chi connectivity index (χ0v) is 11.6. The third kappa shape index (κ3) is 2.71. The van der Waals surface area contributed by atoms with Crippen molar-refractivity contribution in [2.24, 2.45) is 5.73 Å². The molecular formula is C14H22N4O. The van der Waals surface area contributed by atoms with Crippen LogP contribution in [0.4, 0.5) is 5.69 Å². The summed E-state index contributed by atoms with van der Waals surface area (Å²) in [6.07, 6.45) is 3.22. The number of hydrogen-bond donors (Lipinski definition) is 3. The standard InChI is InChI=1S/C14H22N4O/c1-9-7-12(13(14(15)16)10(2)17-9)18-6-4-3-5-11(18)8-19/h7,11,19H,3-6,8H2,1-2H3,(H3,15,16). The van der Waals surface area contributed by atoms with Crippen molar-refractivity contribution in [3.8, 4) is 0 Å². The van der Waals surface area contributed by atoms with Gasteiger partial charge in [0.1, 0.15) is 5.84 Å². The summed E-state index contributed by atoms with van der Waals surface area (Å²) in [6.45, 7) is 4.86. The van der Waals surface area contributed by atoms with Crippen LogP contribution in [0.3, 0.4) is 0 Å². The lowest BCUT2D eigenvalue weighted by molar-refractivity contribution is 0.240. The van der Waals surface area contributed by atoms with Crippen LogP contribution in [0.15, 0.2) is 6.07 Å². The molecule has 0 spiro atoms. The van der Waals surface area contributed by atoms with E-state index in [9.17, 15) is 5.11 Å². The van der Waals surface area contributed by atoms with Gasteiger partial charge in [0.2, 0.25) is 0 Å². The molecule has 104 valence electrons. The largest absolute Gasteiger partial charge is 0.394 e. The van der Waals surface area contributed by atoms with E-state index in [1.807, 2.05) is 19.9 Å². The van der Waals surface area contributed by atoms with Crippen LogP contribution in [0.25, 0.3) is 0 Å². The first kappa shape index (κ1) is 13.8. The van der Waals surface area contributed by atoms with Crippen molar-refractivity contribution in [2.45, 2.75) is 39.2 Å². The number of anilines is 1. The molecule has 1 unspecified atom stereocenters. The summed E-state index contributed by atoms with van der Waals surface area (Å²) in [4.78, 5) is 6.57. The molecule has 0 aliphatic carbocycles. The Morgan fingerprint density at radius 1 is 1.53 bits per heavy atom. The molecule has 0 aromatic carbocycles. The third-order valence-corrected chi connectivity index (χ3v) is 3.72. The Labute approximate surface area is 114 Å². The fourth-order valence-electron chi connectivity index (χ4n) is 2.87. The summed E-state index contributed by atoms with van der Waals surface area (Å²) in [6, 6.07) is 2.09. The number of aromatic nitrogens is 1. The van der Waals surface area contributed by atoms with Gasteiger partial charge in [-0.2, -0.15) is 0 Å². The number of nitrogens with two attached hydrogens (primary N) is 1. The maximum Gasteiger partial charge on any atom is 0.126 e. The molecule has 0 saturated carbocycles. The van der Waals surface area contributed by atoms with Crippen LogP contribution in [0.5, 0.6) is 0 Å². The van der Waals surface area contributed by atoms with Crippen molar-refractivity contribution >= 4 is 11.5 Å². The van der Waals surface area contributed by atoms with Gasteiger partial charge in [-0.25, -0.2) is 0 Å². The van der Waals surface area contributed by atoms with Gasteiger partial charge >= 0.3 is 0 Å². The molecule has 1 aromatic heterocycles. The topological polar surface area (TPSA) is 86.2 Å². The maximum atomic E-state index is 9.55. The molecule has 0 bridgehead atoms. The van der Waals surface area contributed by atoms with Crippen LogP contribution < -0.4 is 10.6 Å². The Morgan fingerprint density at radius 3 is 2.89 bits per heavy atom. The number of amidine groups is 1. The second-order valence-electron chi connectivity index (χ2n) is 5.18. The molecule has 5 heteroatoms. The molecule has 0 radical (unpaired) electrons. The number of aryl methyl sites for hydroxylation is 2. The maximum absolute atomic E-state index is 9.55. The molecule has 1 aromatic rings. The number of nitrogens with one attached hydrogen (secondary N) is 1. The Bertz CT molecular complexity index is 487. The monoisotopic (exact) mass is 262 g/mol. The molecule has 5 nitrogen and oxygen atoms in total. The number of aliphatic hydroxyl groups is 1. The second kappa shape index (κ2) is 5.57. The SMILES string of the molecule is Cc1cc(N2CCCCC2CO)c(C(=N)N)c(C)n1. The highest BCUT2D eigenvalue weighted by molar-refractivity contribution is 6.01. The van der Waals surface area contributed by atoms with Gasteiger partial charge in [0.05, 0.1) is 29.6 Å². The minimum absolute atomic E-state index is 0.0438. The highest BCUT2D eigenvalue weighted by Gasteiger charge is 2.25. The average Bonchev–Trinajstić information content (AvgIpc) is 2.37. The van der Waals surface area contributed by atoms with Crippen molar-refractivity contribution in [3.63, 3.8) is 0 Å². The average molecular weight is 262 g/mol. The second-order valence-corrected chi connectivity index (χ2v) is 5.18. The number of pyridine rings is 1. The lowest BCUT2D eigenvalue weighted by Gasteiger charge is -2.38. The van der Waals surface area contributed by atoms with Gasteiger partial charge in [-0.05, 0) is 39.2 Å². The lowest BCUT2D eigenvalue weighted by Crippen LogP contribution is -2.43. The molecule has 0 amide bonds. The van der Waals surface area contributed by atoms with E-state index in [2.05, 4.69) is 9.88 Å². The highest BCUT2D eigenvalue weighted by atomic mass is 16.3. The van der Waals surface area contributed by atoms with Crippen LogP contribution >= 0.6 is 0 Å². The fourth-order valence-corrected chi connectivity index (χ4v) is 2.87. The van der Waals surface area contributed by atoms with E-state index in [4.69, 9.17) is 11.1 Å². The van der Waals surface area contributed by atoms with Crippen LogP contribution in [-0.2, 0) is 0 Å². The summed E-state index contributed by atoms with van der Waals surface area (Å²) >= 11 is 0. The number of rotatable bonds is 3. The molecule has 2 heterocycles. The van der Waals surface area contributed by atoms with Crippen molar-refractivity contribution in [1.82, 2.24) is 4.98 Å². The van der Waals surface area contributed by atoms with Gasteiger partial charge in [-0.15, -0.1) is 0 Å². The smallest absolute Gasteiger partial charge is 0.126 e. The van der Waals surface area contributed by atoms with E-state index in [0.717, 1.165) is 42.9 Å². The lowest BCUT2D eigenvalue weighted by atomic mass is 9.99. The van der Waals surface area contributed by atoms with Crippen LogP contribution in [0.1, 0.15) is 36.2 Å². The van der Waals surface area contributed by atoms with Crippen molar-refractivity contribution < 1.29 is 5.11 Å². The van der Waals surface area contributed by atoms with Gasteiger partial charge in [-0.3, -0.25) is 10.4 Å². The van der Waals surface area contributed by atoms with Crippen LogP contribution in [0, 0.1) is 19.3 Å². The number of hydrogen-bond acceptors (Lipinski definition) is 4. The van der Waals surface area contributed by atoms with Crippen molar-refractivity contribution in [1.29, 1.82) is 5.41 Å². The molecule has 1 aliphatic rings. The molecule has 4 N–H and O–H groups in total. The first-order valence-electron chi connectivity index (χ1n) is 6.74. The summed E-state index contributed by atoms with van der Waals surface area (Å²) in [7, 11) is 0. The number of aliphatic hydroxyl groups excluding tert-OH is 1. The highest BCUT2D eigenvalue weighted by Crippen LogP contribution is 2.29. The van der Waals surface area contributed by atoms with E-state index in [0.29, 0.717) is 5.56 Å². The molecule has 2 rings (SSSR count). The normalized spacial score (nSPS) is 19.5. The Hall–Kier alpha value is -1.62. The van der Waals surface area contributed by atoms with Crippen molar-refractivity contribution in [2.75, 3.05) is 18.1 Å². The Kier molecular flexibility index (Phi) is 4.04. The number of nitrogen functional groups attached to an aromatic ring is 1. The summed E-state index contributed by atoms with van der Waals surface area (Å²) in [5.41, 5.74) is 9.05. The molecule has 19 heavy (non-hydrogen) atoms. The van der Waals surface area contributed by atoms with Crippen molar-refractivity contribution in [3.05, 3.63) is 23.0 Å². The predicted octanol–water partition coefficient (Wildman–Crippen LogP) is 1.33. The van der Waals surface area contributed by atoms with E-state index < -0.39 is 0 Å². The zero-order valence-electron chi connectivity index (χ0n) is 11.6. The fraction of sp³-hybridized carbons (Fsp3) is 0.571. The minimum Gasteiger partial charge on any atom is -0.394 e. The summed E-state index contributed by atoms with van der Waals surface area (Å²) < 4.78 is 0. The number of piperidine rings is 1. The Balaban J connectivity index is 2.50. The van der Waals surface area contributed by atoms with Gasteiger partial charge in [0.15, 0.2) is 0 Å². The molecular weight excluding hydrogens is 240 g/mol. The molecule has 1 atom stereocenters. The zero-order chi connectivity index (χ0) is 14.0. The van der Waals surface area contributed by atoms with Crippen LogP contribution in [0.2, 0.25) is 0 Å². The Morgan fingerprint density at radius 2 is 2.26 bits per heavy atom. The quantitative estimate of drug-likeness (QED) is 0.566. The minimum atomic E-state index is 0.0438. The summed E-state index contributed by atoms with van der Waals surface area (Å²) in [5.74, 6) is 0.0438. The van der Waals surface area contributed by atoms with E-state index >= 15 is 0 Å². The van der Waals surface area contributed by atoms with Crippen LogP contribution in [-0.4, -0.2) is 35.1 Å². The number of nitrogens with zero attached hydrogens (tertiary/aromatic N) is 2. The van der Waals surface area contributed by atoms with E-state index in [1.54, 1.807) is 0 Å². The predicted molar refractivity (Wildman–Crippen MR) is 76.8 cm³/mol. The third-order valence-electron chi connectivity index (χ3n) is 3.72. The van der Waals surface area contributed by atoms with Gasteiger partial charge in [0.25, 0.3) is 0 Å². The van der Waals surface area contributed by atoms with Gasteiger partial charge in [0, 0.05) is 12.2 Å². The first-order valence-corrected chi connectivity index (χ1v) is 6.74. The van der Waals surface area contributed by atoms with E-state index in [1.165, 1.54) is 0 Å². The van der Waals surface area contributed by atoms with Gasteiger partial charge in [-0.1, -0.05) is 0 Å². The molecule has 1 saturated heterocycles. The van der Waals surface area contributed by atoms with E-state index in [-0.39, 0.29) is 18.5 Å². The summed E-state index contributed by atoms with van der Waals surface area (Å²) in [5, 5.41) is 17.3. The first-order chi connectivity index (χ1) is 9.04.